The van der Waals surface area contributed by atoms with Gasteiger partial charge in [0, 0.05) is 43.6 Å². The summed E-state index contributed by atoms with van der Waals surface area (Å²) >= 11 is 12.0. The Kier molecular flexibility index (Phi) is 5.18. The van der Waals surface area contributed by atoms with Crippen molar-refractivity contribution in [2.24, 2.45) is 0 Å². The second kappa shape index (κ2) is 7.34. The van der Waals surface area contributed by atoms with Crippen molar-refractivity contribution in [1.29, 1.82) is 0 Å². The third kappa shape index (κ3) is 3.95. The Balaban J connectivity index is 1.68. The predicted octanol–water partition coefficient (Wildman–Crippen LogP) is 2.91. The minimum absolute atomic E-state index is 0.0424. The van der Waals surface area contributed by atoms with Crippen molar-refractivity contribution in [3.63, 3.8) is 0 Å². The summed E-state index contributed by atoms with van der Waals surface area (Å²) in [6.07, 6.45) is 3.06. The highest BCUT2D eigenvalue weighted by atomic mass is 35.5. The maximum Gasteiger partial charge on any atom is 0.257 e. The van der Waals surface area contributed by atoms with Gasteiger partial charge in [0.05, 0.1) is 16.3 Å². The molecular formula is C16H17Cl2N5O. The van der Waals surface area contributed by atoms with Crippen LogP contribution in [-0.4, -0.2) is 58.9 Å². The highest BCUT2D eigenvalue weighted by Gasteiger charge is 2.20. The van der Waals surface area contributed by atoms with Crippen molar-refractivity contribution in [3.8, 4) is 0 Å². The molecule has 1 aliphatic heterocycles. The molecule has 1 aromatic heterocycles. The first kappa shape index (κ1) is 17.0. The molecule has 0 spiro atoms. The van der Waals surface area contributed by atoms with Crippen LogP contribution in [0.1, 0.15) is 10.4 Å². The summed E-state index contributed by atoms with van der Waals surface area (Å²) < 4.78 is 0. The molecule has 0 radical (unpaired) electrons. The quantitative estimate of drug-likeness (QED) is 0.905. The molecule has 24 heavy (non-hydrogen) atoms. The molecule has 1 aliphatic rings. The van der Waals surface area contributed by atoms with Gasteiger partial charge in [-0.25, -0.2) is 9.97 Å². The van der Waals surface area contributed by atoms with Gasteiger partial charge < -0.3 is 15.1 Å². The average molecular weight is 366 g/mol. The summed E-state index contributed by atoms with van der Waals surface area (Å²) in [6.45, 7) is 3.19. The molecule has 0 atom stereocenters. The van der Waals surface area contributed by atoms with Crippen LogP contribution in [-0.2, 0) is 0 Å². The zero-order valence-corrected chi connectivity index (χ0v) is 14.7. The van der Waals surface area contributed by atoms with E-state index in [4.69, 9.17) is 23.2 Å². The Labute approximate surface area is 150 Å². The van der Waals surface area contributed by atoms with Crippen molar-refractivity contribution in [3.05, 3.63) is 46.2 Å². The number of carbonyl (C=O) groups is 1. The lowest BCUT2D eigenvalue weighted by Gasteiger charge is -2.32. The van der Waals surface area contributed by atoms with E-state index in [9.17, 15) is 4.79 Å². The fraction of sp³-hybridized carbons (Fsp3) is 0.312. The molecule has 0 unspecified atom stereocenters. The van der Waals surface area contributed by atoms with E-state index in [0.29, 0.717) is 27.2 Å². The Morgan fingerprint density at radius 3 is 2.42 bits per heavy atom. The molecule has 1 saturated heterocycles. The third-order valence-corrected chi connectivity index (χ3v) is 4.41. The summed E-state index contributed by atoms with van der Waals surface area (Å²) in [5.41, 5.74) is 1.13. The van der Waals surface area contributed by atoms with Gasteiger partial charge in [0.1, 0.15) is 0 Å². The van der Waals surface area contributed by atoms with Gasteiger partial charge in [-0.1, -0.05) is 23.2 Å². The zero-order chi connectivity index (χ0) is 17.1. The molecular weight excluding hydrogens is 349 g/mol. The predicted molar refractivity (Wildman–Crippen MR) is 95.2 cm³/mol. The van der Waals surface area contributed by atoms with E-state index in [1.54, 1.807) is 18.2 Å². The fourth-order valence-corrected chi connectivity index (χ4v) is 2.86. The second-order valence-corrected chi connectivity index (χ2v) is 6.48. The molecule has 6 nitrogen and oxygen atoms in total. The molecule has 1 fully saturated rings. The lowest BCUT2D eigenvalue weighted by atomic mass is 10.2. The SMILES string of the molecule is CN1CCN(C(=O)c2cnc(Nc3ccc(Cl)cc3Cl)nc2)CC1. The van der Waals surface area contributed by atoms with Gasteiger partial charge in [0.15, 0.2) is 0 Å². The number of amides is 1. The summed E-state index contributed by atoms with van der Waals surface area (Å²) in [7, 11) is 2.05. The first-order chi connectivity index (χ1) is 11.5. The molecule has 2 heterocycles. The number of benzene rings is 1. The standard InChI is InChI=1S/C16H17Cl2N5O/c1-22-4-6-23(7-5-22)15(24)11-9-19-16(20-10-11)21-14-3-2-12(17)8-13(14)18/h2-3,8-10H,4-7H2,1H3,(H,19,20,21). The Morgan fingerprint density at radius 1 is 1.12 bits per heavy atom. The van der Waals surface area contributed by atoms with E-state index in [0.717, 1.165) is 26.2 Å². The molecule has 0 bridgehead atoms. The van der Waals surface area contributed by atoms with Crippen LogP contribution in [0.3, 0.4) is 0 Å². The number of likely N-dealkylation sites (N-methyl/N-ethyl adjacent to an activating group) is 1. The second-order valence-electron chi connectivity index (χ2n) is 5.64. The van der Waals surface area contributed by atoms with Crippen LogP contribution in [0, 0.1) is 0 Å². The zero-order valence-electron chi connectivity index (χ0n) is 13.2. The van der Waals surface area contributed by atoms with Crippen LogP contribution in [0.2, 0.25) is 10.0 Å². The molecule has 1 amide bonds. The van der Waals surface area contributed by atoms with Crippen LogP contribution in [0.5, 0.6) is 0 Å². The molecule has 0 aliphatic carbocycles. The molecule has 126 valence electrons. The van der Waals surface area contributed by atoms with Gasteiger partial charge in [-0.3, -0.25) is 4.79 Å². The summed E-state index contributed by atoms with van der Waals surface area (Å²) in [5, 5.41) is 4.04. The minimum atomic E-state index is -0.0424. The maximum atomic E-state index is 12.4. The highest BCUT2D eigenvalue weighted by molar-refractivity contribution is 6.36. The molecule has 0 saturated carbocycles. The molecule has 2 aromatic rings. The smallest absolute Gasteiger partial charge is 0.257 e. The van der Waals surface area contributed by atoms with Gasteiger partial charge in [-0.05, 0) is 25.2 Å². The Morgan fingerprint density at radius 2 is 1.79 bits per heavy atom. The van der Waals surface area contributed by atoms with Crippen molar-refractivity contribution < 1.29 is 4.79 Å². The number of hydrogen-bond acceptors (Lipinski definition) is 5. The number of rotatable bonds is 3. The summed E-state index contributed by atoms with van der Waals surface area (Å²) in [4.78, 5) is 24.9. The molecule has 1 aromatic carbocycles. The Hall–Kier alpha value is -1.89. The van der Waals surface area contributed by atoms with Crippen LogP contribution < -0.4 is 5.32 Å². The van der Waals surface area contributed by atoms with Gasteiger partial charge in [0.25, 0.3) is 5.91 Å². The van der Waals surface area contributed by atoms with Crippen molar-refractivity contribution in [2.45, 2.75) is 0 Å². The Bertz CT molecular complexity index is 730. The first-order valence-corrected chi connectivity index (χ1v) is 8.30. The molecule has 8 heteroatoms. The molecule has 1 N–H and O–H groups in total. The number of hydrogen-bond donors (Lipinski definition) is 1. The number of carbonyl (C=O) groups excluding carboxylic acids is 1. The van der Waals surface area contributed by atoms with Crippen LogP contribution in [0.25, 0.3) is 0 Å². The summed E-state index contributed by atoms with van der Waals surface area (Å²) in [5.74, 6) is 0.327. The lowest BCUT2D eigenvalue weighted by molar-refractivity contribution is 0.0663. The topological polar surface area (TPSA) is 61.4 Å². The van der Waals surface area contributed by atoms with Gasteiger partial charge in [-0.2, -0.15) is 0 Å². The maximum absolute atomic E-state index is 12.4. The van der Waals surface area contributed by atoms with Crippen molar-refractivity contribution in [2.75, 3.05) is 38.5 Å². The normalized spacial score (nSPS) is 15.4. The van der Waals surface area contributed by atoms with E-state index in [1.807, 2.05) is 11.9 Å². The van der Waals surface area contributed by atoms with Gasteiger partial charge >= 0.3 is 0 Å². The number of nitrogens with zero attached hydrogens (tertiary/aromatic N) is 4. The van der Waals surface area contributed by atoms with Crippen LogP contribution >= 0.6 is 23.2 Å². The van der Waals surface area contributed by atoms with E-state index < -0.39 is 0 Å². The van der Waals surface area contributed by atoms with E-state index in [2.05, 4.69) is 20.2 Å². The van der Waals surface area contributed by atoms with E-state index in [1.165, 1.54) is 12.4 Å². The number of nitrogens with one attached hydrogen (secondary N) is 1. The lowest BCUT2D eigenvalue weighted by Crippen LogP contribution is -2.47. The first-order valence-electron chi connectivity index (χ1n) is 7.55. The van der Waals surface area contributed by atoms with Crippen molar-refractivity contribution in [1.82, 2.24) is 19.8 Å². The minimum Gasteiger partial charge on any atom is -0.336 e. The fourth-order valence-electron chi connectivity index (χ4n) is 2.41. The van der Waals surface area contributed by atoms with E-state index >= 15 is 0 Å². The highest BCUT2D eigenvalue weighted by Crippen LogP contribution is 2.27. The number of anilines is 2. The molecule has 3 rings (SSSR count). The monoisotopic (exact) mass is 365 g/mol. The van der Waals surface area contributed by atoms with Gasteiger partial charge in [-0.15, -0.1) is 0 Å². The van der Waals surface area contributed by atoms with Gasteiger partial charge in [0.2, 0.25) is 5.95 Å². The van der Waals surface area contributed by atoms with Crippen molar-refractivity contribution >= 4 is 40.7 Å². The van der Waals surface area contributed by atoms with Crippen LogP contribution in [0.15, 0.2) is 30.6 Å². The van der Waals surface area contributed by atoms with E-state index in [-0.39, 0.29) is 5.91 Å². The largest absolute Gasteiger partial charge is 0.336 e. The van der Waals surface area contributed by atoms with Crippen LogP contribution in [0.4, 0.5) is 11.6 Å². The number of halogens is 2. The average Bonchev–Trinajstić information content (AvgIpc) is 2.58. The number of aromatic nitrogens is 2. The number of piperazine rings is 1. The third-order valence-electron chi connectivity index (χ3n) is 3.87. The summed E-state index contributed by atoms with van der Waals surface area (Å²) in [6, 6.07) is 5.11.